The van der Waals surface area contributed by atoms with Crippen LogP contribution in [-0.4, -0.2) is 47.8 Å². The van der Waals surface area contributed by atoms with Crippen LogP contribution in [0, 0.1) is 16.7 Å². The molecule has 1 atom stereocenters. The Bertz CT molecular complexity index is 443. The molecule has 2 aliphatic rings. The Hall–Kier alpha value is -1.57. The van der Waals surface area contributed by atoms with E-state index in [9.17, 15) is 14.9 Å². The van der Waals surface area contributed by atoms with Crippen LogP contribution < -0.4 is 0 Å². The van der Waals surface area contributed by atoms with Crippen LogP contribution in [0.25, 0.3) is 0 Å². The maximum absolute atomic E-state index is 12.3. The first-order valence-corrected chi connectivity index (χ1v) is 8.01. The van der Waals surface area contributed by atoms with E-state index in [1.807, 2.05) is 11.8 Å². The van der Waals surface area contributed by atoms with Gasteiger partial charge in [-0.25, -0.2) is 0 Å². The van der Waals surface area contributed by atoms with Crippen LogP contribution in [0.1, 0.15) is 51.9 Å². The van der Waals surface area contributed by atoms with E-state index in [4.69, 9.17) is 0 Å². The molecule has 116 valence electrons. The third-order valence-electron chi connectivity index (χ3n) is 4.59. The van der Waals surface area contributed by atoms with Crippen LogP contribution >= 0.6 is 0 Å². The lowest BCUT2D eigenvalue weighted by Gasteiger charge is -2.36. The van der Waals surface area contributed by atoms with Gasteiger partial charge in [0.1, 0.15) is 0 Å². The van der Waals surface area contributed by atoms with Crippen molar-refractivity contribution in [3.63, 3.8) is 0 Å². The molecular weight excluding hydrogens is 266 g/mol. The van der Waals surface area contributed by atoms with Crippen molar-refractivity contribution in [2.24, 2.45) is 5.41 Å². The molecule has 2 aliphatic heterocycles. The standard InChI is InChI=1S/C16H25N3O2/c1-16(12-17)8-5-10-19(13-16)15(21)7-11-18-9-4-2-3-6-14(18)20/h2-11,13H2,1H3/t16-/m0/s1. The fraction of sp³-hybridized carbons (Fsp3) is 0.812. The molecular formula is C16H25N3O2. The number of rotatable bonds is 3. The first kappa shape index (κ1) is 15.8. The third kappa shape index (κ3) is 4.20. The van der Waals surface area contributed by atoms with Crippen LogP contribution in [0.2, 0.25) is 0 Å². The second kappa shape index (κ2) is 6.93. The molecule has 0 aliphatic carbocycles. The third-order valence-corrected chi connectivity index (χ3v) is 4.59. The summed E-state index contributed by atoms with van der Waals surface area (Å²) >= 11 is 0. The lowest BCUT2D eigenvalue weighted by Crippen LogP contribution is -2.45. The zero-order valence-electron chi connectivity index (χ0n) is 12.9. The van der Waals surface area contributed by atoms with Gasteiger partial charge in [-0.2, -0.15) is 5.26 Å². The molecule has 2 rings (SSSR count). The minimum absolute atomic E-state index is 0.0771. The van der Waals surface area contributed by atoms with E-state index < -0.39 is 5.41 Å². The number of hydrogen-bond acceptors (Lipinski definition) is 3. The van der Waals surface area contributed by atoms with Gasteiger partial charge in [0.05, 0.1) is 11.5 Å². The number of hydrogen-bond donors (Lipinski definition) is 0. The fourth-order valence-corrected chi connectivity index (χ4v) is 3.21. The van der Waals surface area contributed by atoms with Crippen molar-refractivity contribution < 1.29 is 9.59 Å². The van der Waals surface area contributed by atoms with Crippen molar-refractivity contribution >= 4 is 11.8 Å². The summed E-state index contributed by atoms with van der Waals surface area (Å²) in [4.78, 5) is 27.9. The molecule has 2 fully saturated rings. The number of piperidine rings is 1. The summed E-state index contributed by atoms with van der Waals surface area (Å²) in [6, 6.07) is 2.33. The van der Waals surface area contributed by atoms with Gasteiger partial charge in [-0.15, -0.1) is 0 Å². The van der Waals surface area contributed by atoms with Gasteiger partial charge in [0.25, 0.3) is 0 Å². The second-order valence-corrected chi connectivity index (χ2v) is 6.53. The smallest absolute Gasteiger partial charge is 0.224 e. The molecule has 21 heavy (non-hydrogen) atoms. The van der Waals surface area contributed by atoms with E-state index >= 15 is 0 Å². The lowest BCUT2D eigenvalue weighted by molar-refractivity contribution is -0.135. The van der Waals surface area contributed by atoms with Gasteiger partial charge in [-0.3, -0.25) is 9.59 Å². The lowest BCUT2D eigenvalue weighted by atomic mass is 9.83. The van der Waals surface area contributed by atoms with Gasteiger partial charge >= 0.3 is 0 Å². The molecule has 0 unspecified atom stereocenters. The zero-order valence-corrected chi connectivity index (χ0v) is 12.9. The van der Waals surface area contributed by atoms with Crippen molar-refractivity contribution in [3.8, 4) is 6.07 Å². The first-order valence-electron chi connectivity index (χ1n) is 8.01. The molecule has 2 amide bonds. The Kier molecular flexibility index (Phi) is 5.22. The van der Waals surface area contributed by atoms with Crippen LogP contribution in [0.3, 0.4) is 0 Å². The Morgan fingerprint density at radius 3 is 2.86 bits per heavy atom. The number of amides is 2. The summed E-state index contributed by atoms with van der Waals surface area (Å²) in [6.45, 7) is 4.49. The molecule has 0 N–H and O–H groups in total. The zero-order chi connectivity index (χ0) is 15.3. The van der Waals surface area contributed by atoms with Crippen LogP contribution in [0.4, 0.5) is 0 Å². The second-order valence-electron chi connectivity index (χ2n) is 6.53. The highest BCUT2D eigenvalue weighted by molar-refractivity contribution is 5.79. The molecule has 0 aromatic heterocycles. The van der Waals surface area contributed by atoms with E-state index in [1.165, 1.54) is 0 Å². The van der Waals surface area contributed by atoms with Gasteiger partial charge in [0.2, 0.25) is 11.8 Å². The molecule has 0 aromatic carbocycles. The van der Waals surface area contributed by atoms with Crippen molar-refractivity contribution in [3.05, 3.63) is 0 Å². The SMILES string of the molecule is C[C@@]1(C#N)CCCN(C(=O)CCN2CCCCCC2=O)C1. The number of nitrogens with zero attached hydrogens (tertiary/aromatic N) is 3. The van der Waals surface area contributed by atoms with Crippen molar-refractivity contribution in [1.29, 1.82) is 5.26 Å². The summed E-state index contributed by atoms with van der Waals surface area (Å²) in [5, 5.41) is 9.21. The average Bonchev–Trinajstić information content (AvgIpc) is 2.69. The first-order chi connectivity index (χ1) is 10.0. The molecule has 2 heterocycles. The van der Waals surface area contributed by atoms with Crippen molar-refractivity contribution in [1.82, 2.24) is 9.80 Å². The maximum atomic E-state index is 12.3. The summed E-state index contributed by atoms with van der Waals surface area (Å²) in [5.74, 6) is 0.258. The molecule has 0 radical (unpaired) electrons. The Labute approximate surface area is 126 Å². The van der Waals surface area contributed by atoms with Gasteiger partial charge in [0, 0.05) is 39.0 Å². The topological polar surface area (TPSA) is 64.4 Å². The van der Waals surface area contributed by atoms with Crippen LogP contribution in [0.5, 0.6) is 0 Å². The number of carbonyl (C=O) groups excluding carboxylic acids is 2. The van der Waals surface area contributed by atoms with E-state index in [0.29, 0.717) is 25.9 Å². The Balaban J connectivity index is 1.84. The molecule has 2 saturated heterocycles. The largest absolute Gasteiger partial charge is 0.342 e. The minimum atomic E-state index is -0.410. The maximum Gasteiger partial charge on any atom is 0.224 e. The van der Waals surface area contributed by atoms with E-state index in [-0.39, 0.29) is 11.8 Å². The molecule has 5 heteroatoms. The number of carbonyl (C=O) groups is 2. The van der Waals surface area contributed by atoms with Gasteiger partial charge < -0.3 is 9.80 Å². The summed E-state index contributed by atoms with van der Waals surface area (Å²) in [6.07, 6.45) is 5.85. The predicted molar refractivity (Wildman–Crippen MR) is 79.2 cm³/mol. The van der Waals surface area contributed by atoms with Crippen molar-refractivity contribution in [2.45, 2.75) is 51.9 Å². The van der Waals surface area contributed by atoms with Gasteiger partial charge in [-0.05, 0) is 32.6 Å². The average molecular weight is 291 g/mol. The van der Waals surface area contributed by atoms with E-state index in [2.05, 4.69) is 6.07 Å². The van der Waals surface area contributed by atoms with E-state index in [0.717, 1.165) is 45.2 Å². The summed E-state index contributed by atoms with van der Waals surface area (Å²) < 4.78 is 0. The Morgan fingerprint density at radius 2 is 2.10 bits per heavy atom. The predicted octanol–water partition coefficient (Wildman–Crippen LogP) is 1.93. The van der Waals surface area contributed by atoms with Crippen LogP contribution in [-0.2, 0) is 9.59 Å². The summed E-state index contributed by atoms with van der Waals surface area (Å²) in [5.41, 5.74) is -0.410. The van der Waals surface area contributed by atoms with Gasteiger partial charge in [-0.1, -0.05) is 6.42 Å². The van der Waals surface area contributed by atoms with Gasteiger partial charge in [0.15, 0.2) is 0 Å². The normalized spacial score (nSPS) is 27.1. The highest BCUT2D eigenvalue weighted by Gasteiger charge is 2.33. The molecule has 0 bridgehead atoms. The monoisotopic (exact) mass is 291 g/mol. The minimum Gasteiger partial charge on any atom is -0.342 e. The molecule has 0 saturated carbocycles. The highest BCUT2D eigenvalue weighted by atomic mass is 16.2. The fourth-order valence-electron chi connectivity index (χ4n) is 3.21. The Morgan fingerprint density at radius 1 is 1.29 bits per heavy atom. The highest BCUT2D eigenvalue weighted by Crippen LogP contribution is 2.28. The number of nitriles is 1. The van der Waals surface area contributed by atoms with E-state index in [1.54, 1.807) is 4.90 Å². The molecule has 0 spiro atoms. The summed E-state index contributed by atoms with van der Waals surface area (Å²) in [7, 11) is 0. The molecule has 5 nitrogen and oxygen atoms in total. The van der Waals surface area contributed by atoms with Crippen LogP contribution in [0.15, 0.2) is 0 Å². The van der Waals surface area contributed by atoms with Crippen molar-refractivity contribution in [2.75, 3.05) is 26.2 Å². The molecule has 0 aromatic rings. The quantitative estimate of drug-likeness (QED) is 0.798. The number of likely N-dealkylation sites (tertiary alicyclic amines) is 2.